The molecule has 2 atom stereocenters. The molecule has 1 heterocycles. The normalized spacial score (nSPS) is 21.0. The lowest BCUT2D eigenvalue weighted by molar-refractivity contribution is -0.125. The number of benzene rings is 2. The van der Waals surface area contributed by atoms with Crippen molar-refractivity contribution in [1.82, 2.24) is 9.99 Å². The molecule has 1 aliphatic rings. The summed E-state index contributed by atoms with van der Waals surface area (Å²) in [4.78, 5) is 14.3. The van der Waals surface area contributed by atoms with Crippen molar-refractivity contribution in [3.8, 4) is 0 Å². The molecule has 0 unspecified atom stereocenters. The largest absolute Gasteiger partial charge is 0.340 e. The zero-order valence-electron chi connectivity index (χ0n) is 17.5. The van der Waals surface area contributed by atoms with Gasteiger partial charge in [-0.2, -0.15) is 0 Å². The van der Waals surface area contributed by atoms with Crippen molar-refractivity contribution >= 4 is 13.2 Å². The van der Waals surface area contributed by atoms with Crippen LogP contribution >= 0.6 is 7.29 Å². The minimum Gasteiger partial charge on any atom is -0.340 e. The number of hydrogen-bond acceptors (Lipinski definition) is 2. The SMILES string of the molecule is CCN(CC)C(=O)/C=C(/C)NP1(=O)[C@H](c2ccccc2)CC[C@H]1c1ccccc1. The number of rotatable bonds is 7. The number of amides is 1. The first kappa shape index (κ1) is 21.4. The summed E-state index contributed by atoms with van der Waals surface area (Å²) < 4.78 is 14.5. The average molecular weight is 410 g/mol. The van der Waals surface area contributed by atoms with E-state index in [4.69, 9.17) is 0 Å². The van der Waals surface area contributed by atoms with Crippen molar-refractivity contribution in [2.45, 2.75) is 44.9 Å². The second-order valence-electron chi connectivity index (χ2n) is 7.59. The number of allylic oxidation sites excluding steroid dienone is 1. The maximum absolute atomic E-state index is 14.5. The van der Waals surface area contributed by atoms with Crippen LogP contribution in [0, 0.1) is 0 Å². The summed E-state index contributed by atoms with van der Waals surface area (Å²) in [6, 6.07) is 20.2. The number of carbonyl (C=O) groups is 1. The number of hydrogen-bond donors (Lipinski definition) is 1. The standard InChI is InChI=1S/C24H31N2O2P/c1-4-26(5-2)24(27)18-19(3)25-29(28)22(20-12-8-6-9-13-20)16-17-23(29)21-14-10-7-11-15-21/h6-15,18,22-23H,4-5,16-17H2,1-3H3,(H,25,28)/b19-18-/t22-,23-/m0/s1. The Labute approximate surface area is 174 Å². The van der Waals surface area contributed by atoms with Crippen LogP contribution in [0.25, 0.3) is 0 Å². The van der Waals surface area contributed by atoms with Gasteiger partial charge in [-0.25, -0.2) is 0 Å². The fourth-order valence-corrected chi connectivity index (χ4v) is 7.98. The van der Waals surface area contributed by atoms with E-state index in [0.29, 0.717) is 18.8 Å². The molecular weight excluding hydrogens is 379 g/mol. The summed E-state index contributed by atoms with van der Waals surface area (Å²) in [6.07, 6.45) is 3.32. The Kier molecular flexibility index (Phi) is 6.97. The van der Waals surface area contributed by atoms with E-state index in [1.807, 2.05) is 57.2 Å². The van der Waals surface area contributed by atoms with Crippen LogP contribution in [0.5, 0.6) is 0 Å². The molecule has 1 N–H and O–H groups in total. The van der Waals surface area contributed by atoms with E-state index >= 15 is 0 Å². The smallest absolute Gasteiger partial charge is 0.248 e. The molecule has 0 bridgehead atoms. The molecule has 1 fully saturated rings. The molecule has 29 heavy (non-hydrogen) atoms. The molecule has 0 saturated carbocycles. The third kappa shape index (κ3) is 4.64. The Morgan fingerprint density at radius 1 is 0.966 bits per heavy atom. The fourth-order valence-electron chi connectivity index (χ4n) is 4.32. The molecule has 4 nitrogen and oxygen atoms in total. The van der Waals surface area contributed by atoms with Crippen LogP contribution in [0.2, 0.25) is 0 Å². The summed E-state index contributed by atoms with van der Waals surface area (Å²) in [5.41, 5.74) is 2.77. The van der Waals surface area contributed by atoms with Gasteiger partial charge in [-0.1, -0.05) is 60.7 Å². The first-order chi connectivity index (χ1) is 14.0. The average Bonchev–Trinajstić information content (AvgIpc) is 3.06. The molecule has 0 aliphatic carbocycles. The quantitative estimate of drug-likeness (QED) is 0.456. The maximum atomic E-state index is 14.5. The summed E-state index contributed by atoms with van der Waals surface area (Å²) in [5, 5.41) is 3.36. The lowest BCUT2D eigenvalue weighted by Gasteiger charge is -2.29. The molecule has 2 aromatic rings. The van der Waals surface area contributed by atoms with E-state index in [1.54, 1.807) is 11.0 Å². The highest BCUT2D eigenvalue weighted by Crippen LogP contribution is 2.74. The molecule has 1 amide bonds. The van der Waals surface area contributed by atoms with E-state index in [2.05, 4.69) is 29.4 Å². The molecule has 5 heteroatoms. The fraction of sp³-hybridized carbons (Fsp3) is 0.375. The molecule has 2 aromatic carbocycles. The van der Waals surface area contributed by atoms with Gasteiger partial charge in [0.15, 0.2) is 7.29 Å². The maximum Gasteiger partial charge on any atom is 0.248 e. The van der Waals surface area contributed by atoms with Gasteiger partial charge in [0.05, 0.1) is 11.3 Å². The highest BCUT2D eigenvalue weighted by Gasteiger charge is 2.47. The summed E-state index contributed by atoms with van der Waals surface area (Å²) in [7, 11) is -2.88. The Morgan fingerprint density at radius 2 is 1.41 bits per heavy atom. The third-order valence-corrected chi connectivity index (χ3v) is 9.44. The second-order valence-corrected chi connectivity index (χ2v) is 10.5. The zero-order chi connectivity index (χ0) is 20.9. The van der Waals surface area contributed by atoms with Crippen LogP contribution in [0.4, 0.5) is 0 Å². The van der Waals surface area contributed by atoms with Gasteiger partial charge in [-0.05, 0) is 44.7 Å². The van der Waals surface area contributed by atoms with Crippen LogP contribution < -0.4 is 5.09 Å². The Bertz CT molecular complexity index is 840. The van der Waals surface area contributed by atoms with E-state index in [9.17, 15) is 9.36 Å². The van der Waals surface area contributed by atoms with Crippen LogP contribution in [0.15, 0.2) is 72.4 Å². The molecule has 0 aromatic heterocycles. The van der Waals surface area contributed by atoms with Crippen molar-refractivity contribution in [2.75, 3.05) is 13.1 Å². The van der Waals surface area contributed by atoms with Gasteiger partial charge in [0.1, 0.15) is 0 Å². The lowest BCUT2D eigenvalue weighted by Crippen LogP contribution is -2.29. The van der Waals surface area contributed by atoms with Crippen molar-refractivity contribution in [1.29, 1.82) is 0 Å². The van der Waals surface area contributed by atoms with Crippen LogP contribution in [0.1, 0.15) is 56.1 Å². The van der Waals surface area contributed by atoms with Crippen molar-refractivity contribution in [3.05, 3.63) is 83.6 Å². The predicted molar refractivity (Wildman–Crippen MR) is 120 cm³/mol. The Morgan fingerprint density at radius 3 is 1.83 bits per heavy atom. The van der Waals surface area contributed by atoms with Gasteiger partial charge in [0, 0.05) is 24.9 Å². The van der Waals surface area contributed by atoms with Crippen molar-refractivity contribution < 1.29 is 9.36 Å². The van der Waals surface area contributed by atoms with E-state index in [0.717, 1.165) is 24.0 Å². The molecule has 3 rings (SSSR count). The molecular formula is C24H31N2O2P. The van der Waals surface area contributed by atoms with Crippen molar-refractivity contribution in [3.63, 3.8) is 0 Å². The highest BCUT2D eigenvalue weighted by atomic mass is 31.2. The van der Waals surface area contributed by atoms with Crippen LogP contribution in [-0.2, 0) is 9.36 Å². The van der Waals surface area contributed by atoms with Crippen molar-refractivity contribution in [2.24, 2.45) is 0 Å². The highest BCUT2D eigenvalue weighted by molar-refractivity contribution is 7.63. The minimum atomic E-state index is -2.88. The molecule has 1 aliphatic heterocycles. The first-order valence-electron chi connectivity index (χ1n) is 10.4. The Hall–Kier alpha value is -2.32. The Balaban J connectivity index is 1.95. The molecule has 0 radical (unpaired) electrons. The predicted octanol–water partition coefficient (Wildman–Crippen LogP) is 5.90. The van der Waals surface area contributed by atoms with Gasteiger partial charge in [0.25, 0.3) is 0 Å². The molecule has 154 valence electrons. The zero-order valence-corrected chi connectivity index (χ0v) is 18.4. The topological polar surface area (TPSA) is 49.4 Å². The summed E-state index contributed by atoms with van der Waals surface area (Å²) in [6.45, 7) is 7.11. The van der Waals surface area contributed by atoms with E-state index < -0.39 is 7.29 Å². The van der Waals surface area contributed by atoms with Gasteiger partial charge in [-0.3, -0.25) is 9.36 Å². The first-order valence-corrected chi connectivity index (χ1v) is 12.3. The number of nitrogens with zero attached hydrogens (tertiary/aromatic N) is 1. The third-order valence-electron chi connectivity index (χ3n) is 5.77. The minimum absolute atomic E-state index is 0.0432. The van der Waals surface area contributed by atoms with Gasteiger partial charge < -0.3 is 9.99 Å². The number of nitrogens with one attached hydrogen (secondary N) is 1. The van der Waals surface area contributed by atoms with Gasteiger partial charge in [-0.15, -0.1) is 0 Å². The lowest BCUT2D eigenvalue weighted by atomic mass is 10.0. The molecule has 1 saturated heterocycles. The summed E-state index contributed by atoms with van der Waals surface area (Å²) in [5.74, 6) is -0.0432. The number of carbonyl (C=O) groups excluding carboxylic acids is 1. The van der Waals surface area contributed by atoms with Gasteiger partial charge >= 0.3 is 0 Å². The van der Waals surface area contributed by atoms with Gasteiger partial charge in [0.2, 0.25) is 5.91 Å². The van der Waals surface area contributed by atoms with Crippen LogP contribution in [0.3, 0.4) is 0 Å². The summed E-state index contributed by atoms with van der Waals surface area (Å²) >= 11 is 0. The molecule has 0 spiro atoms. The van der Waals surface area contributed by atoms with E-state index in [1.165, 1.54) is 0 Å². The van der Waals surface area contributed by atoms with E-state index in [-0.39, 0.29) is 17.2 Å². The number of likely N-dealkylation sites (N-methyl/N-ethyl adjacent to an activating group) is 1. The second kappa shape index (κ2) is 9.45. The van der Waals surface area contributed by atoms with Crippen LogP contribution in [-0.4, -0.2) is 23.9 Å². The monoisotopic (exact) mass is 410 g/mol.